The molecule has 1 aromatic rings. The Morgan fingerprint density at radius 1 is 1.69 bits per heavy atom. The molecule has 0 spiro atoms. The number of nitrogens with zero attached hydrogens (tertiary/aromatic N) is 1. The van der Waals surface area contributed by atoms with Crippen molar-refractivity contribution in [2.75, 3.05) is 13.1 Å². The highest BCUT2D eigenvalue weighted by Gasteiger charge is 2.30. The van der Waals surface area contributed by atoms with E-state index in [1.165, 1.54) is 10.3 Å². The van der Waals surface area contributed by atoms with Gasteiger partial charge in [0.1, 0.15) is 5.69 Å². The van der Waals surface area contributed by atoms with Gasteiger partial charge >= 0.3 is 4.87 Å². The van der Waals surface area contributed by atoms with Crippen molar-refractivity contribution in [2.24, 2.45) is 0 Å². The fraction of sp³-hybridized carbons (Fsp3) is 0.429. The number of carbonyl (C=O) groups is 1. The van der Waals surface area contributed by atoms with E-state index in [0.717, 1.165) is 11.3 Å². The SMILES string of the molecule is O=C(c1csc(=O)[nH]1)N1CC(O)C1. The van der Waals surface area contributed by atoms with Crippen LogP contribution in [0, 0.1) is 0 Å². The van der Waals surface area contributed by atoms with Crippen LogP contribution in [0.5, 0.6) is 0 Å². The van der Waals surface area contributed by atoms with Crippen molar-refractivity contribution >= 4 is 17.2 Å². The number of aliphatic hydroxyl groups is 1. The van der Waals surface area contributed by atoms with E-state index in [2.05, 4.69) is 4.98 Å². The molecule has 2 N–H and O–H groups in total. The van der Waals surface area contributed by atoms with Crippen LogP contribution in [0.25, 0.3) is 0 Å². The van der Waals surface area contributed by atoms with E-state index in [9.17, 15) is 9.59 Å². The second kappa shape index (κ2) is 2.97. The lowest BCUT2D eigenvalue weighted by Crippen LogP contribution is -2.53. The molecule has 0 atom stereocenters. The van der Waals surface area contributed by atoms with Crippen LogP contribution in [0.4, 0.5) is 0 Å². The summed E-state index contributed by atoms with van der Waals surface area (Å²) in [5.74, 6) is -0.219. The third-order valence-corrected chi connectivity index (χ3v) is 2.57. The number of β-amino-alcohol motifs (C(OH)–C–C–N with tert-alkyl or cyclic N) is 1. The summed E-state index contributed by atoms with van der Waals surface area (Å²) < 4.78 is 0. The monoisotopic (exact) mass is 200 g/mol. The van der Waals surface area contributed by atoms with Gasteiger partial charge in [-0.25, -0.2) is 0 Å². The van der Waals surface area contributed by atoms with Crippen molar-refractivity contribution in [1.29, 1.82) is 0 Å². The van der Waals surface area contributed by atoms with E-state index in [0.29, 0.717) is 18.8 Å². The van der Waals surface area contributed by atoms with E-state index in [-0.39, 0.29) is 10.8 Å². The van der Waals surface area contributed by atoms with Gasteiger partial charge in [0.2, 0.25) is 0 Å². The van der Waals surface area contributed by atoms with E-state index in [1.54, 1.807) is 0 Å². The molecule has 1 saturated heterocycles. The molecule has 1 aromatic heterocycles. The largest absolute Gasteiger partial charge is 0.389 e. The molecule has 13 heavy (non-hydrogen) atoms. The van der Waals surface area contributed by atoms with Crippen LogP contribution in [0.1, 0.15) is 10.5 Å². The van der Waals surface area contributed by atoms with Crippen molar-refractivity contribution in [3.63, 3.8) is 0 Å². The number of aliphatic hydroxyl groups excluding tert-OH is 1. The zero-order chi connectivity index (χ0) is 9.42. The average Bonchev–Trinajstić information content (AvgIpc) is 2.45. The van der Waals surface area contributed by atoms with Crippen molar-refractivity contribution in [3.05, 3.63) is 20.7 Å². The third-order valence-electron chi connectivity index (χ3n) is 1.90. The number of thiazole rings is 1. The Balaban J connectivity index is 2.10. The first-order valence-corrected chi connectivity index (χ1v) is 4.70. The summed E-state index contributed by atoms with van der Waals surface area (Å²) in [4.78, 5) is 25.9. The molecular formula is C7H8N2O3S. The molecule has 5 nitrogen and oxygen atoms in total. The van der Waals surface area contributed by atoms with Crippen LogP contribution in [0.3, 0.4) is 0 Å². The Labute approximate surface area is 77.6 Å². The maximum atomic E-state index is 11.4. The van der Waals surface area contributed by atoms with Gasteiger partial charge in [0.25, 0.3) is 5.91 Å². The van der Waals surface area contributed by atoms with Crippen molar-refractivity contribution in [3.8, 4) is 0 Å². The lowest BCUT2D eigenvalue weighted by molar-refractivity contribution is 0.00554. The Morgan fingerprint density at radius 2 is 2.38 bits per heavy atom. The topological polar surface area (TPSA) is 73.4 Å². The molecule has 70 valence electrons. The zero-order valence-electron chi connectivity index (χ0n) is 6.69. The van der Waals surface area contributed by atoms with Gasteiger partial charge < -0.3 is 15.0 Å². The summed E-state index contributed by atoms with van der Waals surface area (Å²) in [7, 11) is 0. The number of hydrogen-bond acceptors (Lipinski definition) is 4. The number of carbonyl (C=O) groups excluding carboxylic acids is 1. The van der Waals surface area contributed by atoms with Gasteiger partial charge in [-0.2, -0.15) is 0 Å². The highest BCUT2D eigenvalue weighted by atomic mass is 32.1. The molecule has 0 aliphatic carbocycles. The van der Waals surface area contributed by atoms with Crippen LogP contribution < -0.4 is 4.87 Å². The Bertz CT molecular complexity index is 377. The summed E-state index contributed by atoms with van der Waals surface area (Å²) in [6, 6.07) is 0. The minimum atomic E-state index is -0.408. The Hall–Kier alpha value is -1.14. The fourth-order valence-corrected chi connectivity index (χ4v) is 1.73. The first-order valence-electron chi connectivity index (χ1n) is 3.82. The number of rotatable bonds is 1. The zero-order valence-corrected chi connectivity index (χ0v) is 7.50. The number of likely N-dealkylation sites (tertiary alicyclic amines) is 1. The number of nitrogens with one attached hydrogen (secondary N) is 1. The summed E-state index contributed by atoms with van der Waals surface area (Å²) >= 11 is 0.964. The molecular weight excluding hydrogens is 192 g/mol. The lowest BCUT2D eigenvalue weighted by atomic mass is 10.1. The van der Waals surface area contributed by atoms with Gasteiger partial charge in [0.15, 0.2) is 0 Å². The predicted octanol–water partition coefficient (Wildman–Crippen LogP) is -0.747. The second-order valence-corrected chi connectivity index (χ2v) is 3.77. The fourth-order valence-electron chi connectivity index (χ4n) is 1.18. The quantitative estimate of drug-likeness (QED) is 0.626. The van der Waals surface area contributed by atoms with Crippen LogP contribution in [-0.4, -0.2) is 40.1 Å². The summed E-state index contributed by atoms with van der Waals surface area (Å²) in [6.45, 7) is 0.716. The molecule has 1 fully saturated rings. The number of hydrogen-bond donors (Lipinski definition) is 2. The highest BCUT2D eigenvalue weighted by molar-refractivity contribution is 7.07. The minimum Gasteiger partial charge on any atom is -0.389 e. The number of aromatic amines is 1. The van der Waals surface area contributed by atoms with E-state index in [4.69, 9.17) is 5.11 Å². The van der Waals surface area contributed by atoms with Crippen LogP contribution in [0.2, 0.25) is 0 Å². The van der Waals surface area contributed by atoms with Gasteiger partial charge in [0.05, 0.1) is 6.10 Å². The average molecular weight is 200 g/mol. The minimum absolute atomic E-state index is 0.219. The highest BCUT2D eigenvalue weighted by Crippen LogP contribution is 2.11. The molecule has 0 unspecified atom stereocenters. The maximum Gasteiger partial charge on any atom is 0.305 e. The van der Waals surface area contributed by atoms with E-state index in [1.807, 2.05) is 0 Å². The molecule has 2 rings (SSSR count). The summed E-state index contributed by atoms with van der Waals surface area (Å²) in [5.41, 5.74) is 0.307. The smallest absolute Gasteiger partial charge is 0.305 e. The standard InChI is InChI=1S/C7H8N2O3S/c10-4-1-9(2-4)6(11)5-3-13-7(12)8-5/h3-4,10H,1-2H2,(H,8,12). The van der Waals surface area contributed by atoms with Gasteiger partial charge in [-0.05, 0) is 0 Å². The summed E-state index contributed by atoms with van der Waals surface area (Å²) in [6.07, 6.45) is -0.408. The molecule has 1 aliphatic rings. The van der Waals surface area contributed by atoms with E-state index >= 15 is 0 Å². The Kier molecular flexibility index (Phi) is 1.93. The molecule has 0 saturated carbocycles. The van der Waals surface area contributed by atoms with Crippen LogP contribution >= 0.6 is 11.3 Å². The van der Waals surface area contributed by atoms with Gasteiger partial charge in [-0.15, -0.1) is 0 Å². The number of aromatic nitrogens is 1. The molecule has 0 radical (unpaired) electrons. The first kappa shape index (κ1) is 8.46. The number of H-pyrrole nitrogens is 1. The Morgan fingerprint density at radius 3 is 2.85 bits per heavy atom. The molecule has 1 amide bonds. The molecule has 6 heteroatoms. The molecule has 2 heterocycles. The predicted molar refractivity (Wildman–Crippen MR) is 46.9 cm³/mol. The maximum absolute atomic E-state index is 11.4. The van der Waals surface area contributed by atoms with Crippen molar-refractivity contribution in [2.45, 2.75) is 6.10 Å². The molecule has 0 aromatic carbocycles. The molecule has 0 bridgehead atoms. The third kappa shape index (κ3) is 1.50. The number of amides is 1. The van der Waals surface area contributed by atoms with Crippen molar-refractivity contribution in [1.82, 2.24) is 9.88 Å². The van der Waals surface area contributed by atoms with Gasteiger partial charge in [-0.1, -0.05) is 11.3 Å². The van der Waals surface area contributed by atoms with E-state index < -0.39 is 6.10 Å². The van der Waals surface area contributed by atoms with Crippen LogP contribution in [0.15, 0.2) is 10.2 Å². The normalized spacial score (nSPS) is 17.2. The van der Waals surface area contributed by atoms with Gasteiger partial charge in [0, 0.05) is 18.5 Å². The first-order chi connectivity index (χ1) is 6.16. The van der Waals surface area contributed by atoms with Gasteiger partial charge in [-0.3, -0.25) is 9.59 Å². The second-order valence-electron chi connectivity index (χ2n) is 2.93. The van der Waals surface area contributed by atoms with Crippen LogP contribution in [-0.2, 0) is 0 Å². The molecule has 1 aliphatic heterocycles. The van der Waals surface area contributed by atoms with Crippen molar-refractivity contribution < 1.29 is 9.90 Å². The lowest BCUT2D eigenvalue weighted by Gasteiger charge is -2.35. The summed E-state index contributed by atoms with van der Waals surface area (Å²) in [5, 5.41) is 10.5.